The lowest BCUT2D eigenvalue weighted by atomic mass is 10.1. The van der Waals surface area contributed by atoms with Crippen LogP contribution in [0.1, 0.15) is 44.7 Å². The second kappa shape index (κ2) is 7.06. The van der Waals surface area contributed by atoms with Crippen LogP contribution in [0.5, 0.6) is 0 Å². The predicted molar refractivity (Wildman–Crippen MR) is 65.8 cm³/mol. The van der Waals surface area contributed by atoms with E-state index in [-0.39, 0.29) is 12.5 Å². The van der Waals surface area contributed by atoms with Gasteiger partial charge < -0.3 is 10.4 Å². The normalized spacial score (nSPS) is 12.6. The van der Waals surface area contributed by atoms with E-state index in [0.717, 1.165) is 31.5 Å². The zero-order valence-electron chi connectivity index (χ0n) is 10.5. The minimum Gasteiger partial charge on any atom is -0.481 e. The highest BCUT2D eigenvalue weighted by atomic mass is 16.4. The fraction of sp³-hybridized carbons (Fsp3) is 0.667. The number of carboxylic acids is 1. The SMILES string of the molecule is CCCNC(CC(=O)O)c1cnn(CCC)c1. The number of aliphatic carboxylic acids is 1. The number of nitrogens with zero attached hydrogens (tertiary/aromatic N) is 2. The molecule has 1 rings (SSSR count). The van der Waals surface area contributed by atoms with Crippen LogP contribution in [0, 0.1) is 0 Å². The topological polar surface area (TPSA) is 67.2 Å². The summed E-state index contributed by atoms with van der Waals surface area (Å²) in [6, 6.07) is -0.141. The van der Waals surface area contributed by atoms with Crippen molar-refractivity contribution >= 4 is 5.97 Å². The average molecular weight is 239 g/mol. The second-order valence-corrected chi connectivity index (χ2v) is 4.14. The molecule has 0 saturated carbocycles. The fourth-order valence-corrected chi connectivity index (χ4v) is 1.71. The number of nitrogens with one attached hydrogen (secondary N) is 1. The molecule has 0 spiro atoms. The van der Waals surface area contributed by atoms with Gasteiger partial charge in [0.15, 0.2) is 0 Å². The van der Waals surface area contributed by atoms with E-state index >= 15 is 0 Å². The van der Waals surface area contributed by atoms with Gasteiger partial charge in [0, 0.05) is 24.3 Å². The Kier molecular flexibility index (Phi) is 5.69. The molecule has 5 nitrogen and oxygen atoms in total. The molecule has 2 N–H and O–H groups in total. The molecule has 0 aliphatic heterocycles. The Labute approximate surface area is 102 Å². The molecule has 0 aliphatic rings. The summed E-state index contributed by atoms with van der Waals surface area (Å²) in [5.41, 5.74) is 0.953. The summed E-state index contributed by atoms with van der Waals surface area (Å²) in [6.07, 6.45) is 5.79. The highest BCUT2D eigenvalue weighted by Gasteiger charge is 2.16. The third-order valence-corrected chi connectivity index (χ3v) is 2.53. The lowest BCUT2D eigenvalue weighted by Crippen LogP contribution is -2.24. The Bertz CT molecular complexity index is 349. The van der Waals surface area contributed by atoms with Gasteiger partial charge >= 0.3 is 5.97 Å². The van der Waals surface area contributed by atoms with Crippen molar-refractivity contribution < 1.29 is 9.90 Å². The van der Waals surface area contributed by atoms with Crippen LogP contribution in [0.4, 0.5) is 0 Å². The molecule has 5 heteroatoms. The van der Waals surface area contributed by atoms with Crippen molar-refractivity contribution in [2.45, 2.75) is 45.7 Å². The summed E-state index contributed by atoms with van der Waals surface area (Å²) in [6.45, 7) is 5.83. The Hall–Kier alpha value is -1.36. The van der Waals surface area contributed by atoms with Gasteiger partial charge in [0.05, 0.1) is 12.6 Å². The quantitative estimate of drug-likeness (QED) is 0.726. The molecule has 0 aromatic carbocycles. The van der Waals surface area contributed by atoms with E-state index in [9.17, 15) is 4.79 Å². The largest absolute Gasteiger partial charge is 0.481 e. The van der Waals surface area contributed by atoms with Gasteiger partial charge in [0.2, 0.25) is 0 Å². The van der Waals surface area contributed by atoms with E-state index < -0.39 is 5.97 Å². The third kappa shape index (κ3) is 4.56. The molecule has 0 amide bonds. The molecule has 96 valence electrons. The minimum atomic E-state index is -0.790. The van der Waals surface area contributed by atoms with E-state index in [2.05, 4.69) is 24.3 Å². The van der Waals surface area contributed by atoms with Crippen molar-refractivity contribution in [2.75, 3.05) is 6.54 Å². The first kappa shape index (κ1) is 13.7. The molecule has 1 aromatic heterocycles. The number of carbonyl (C=O) groups is 1. The molecule has 0 saturated heterocycles. The van der Waals surface area contributed by atoms with Crippen molar-refractivity contribution in [3.05, 3.63) is 18.0 Å². The third-order valence-electron chi connectivity index (χ3n) is 2.53. The molecule has 0 fully saturated rings. The molecule has 1 atom stereocenters. The zero-order valence-corrected chi connectivity index (χ0v) is 10.5. The minimum absolute atomic E-state index is 0.0951. The van der Waals surface area contributed by atoms with E-state index in [1.807, 2.05) is 10.9 Å². The van der Waals surface area contributed by atoms with Crippen molar-refractivity contribution in [3.63, 3.8) is 0 Å². The van der Waals surface area contributed by atoms with Gasteiger partial charge in [-0.3, -0.25) is 9.48 Å². The summed E-state index contributed by atoms with van der Waals surface area (Å²) in [4.78, 5) is 10.8. The Morgan fingerprint density at radius 1 is 1.53 bits per heavy atom. The van der Waals surface area contributed by atoms with Gasteiger partial charge in [0.25, 0.3) is 0 Å². The van der Waals surface area contributed by atoms with Gasteiger partial charge in [-0.05, 0) is 19.4 Å². The van der Waals surface area contributed by atoms with Gasteiger partial charge in [0.1, 0.15) is 0 Å². The Balaban J connectivity index is 2.68. The molecule has 0 radical (unpaired) electrons. The number of rotatable bonds is 8. The maximum absolute atomic E-state index is 10.8. The zero-order chi connectivity index (χ0) is 12.7. The van der Waals surface area contributed by atoms with Crippen LogP contribution in [0.15, 0.2) is 12.4 Å². The lowest BCUT2D eigenvalue weighted by molar-refractivity contribution is -0.137. The number of aryl methyl sites for hydroxylation is 1. The van der Waals surface area contributed by atoms with E-state index in [4.69, 9.17) is 5.11 Å². The van der Waals surface area contributed by atoms with Crippen LogP contribution in [0.25, 0.3) is 0 Å². The molecule has 1 heterocycles. The summed E-state index contributed by atoms with van der Waals surface area (Å²) in [5, 5.41) is 16.4. The number of carboxylic acid groups (broad SMARTS) is 1. The van der Waals surface area contributed by atoms with Crippen molar-refractivity contribution in [1.82, 2.24) is 15.1 Å². The second-order valence-electron chi connectivity index (χ2n) is 4.14. The molecule has 1 unspecified atom stereocenters. The number of hydrogen-bond acceptors (Lipinski definition) is 3. The van der Waals surface area contributed by atoms with E-state index in [1.54, 1.807) is 6.20 Å². The number of hydrogen-bond donors (Lipinski definition) is 2. The molecule has 1 aromatic rings. The van der Waals surface area contributed by atoms with Crippen LogP contribution in [-0.2, 0) is 11.3 Å². The lowest BCUT2D eigenvalue weighted by Gasteiger charge is -2.14. The smallest absolute Gasteiger partial charge is 0.305 e. The van der Waals surface area contributed by atoms with Gasteiger partial charge in [-0.15, -0.1) is 0 Å². The summed E-state index contributed by atoms with van der Waals surface area (Å²) < 4.78 is 1.86. The molecule has 0 bridgehead atoms. The Morgan fingerprint density at radius 2 is 2.29 bits per heavy atom. The maximum atomic E-state index is 10.8. The summed E-state index contributed by atoms with van der Waals surface area (Å²) in [7, 11) is 0. The van der Waals surface area contributed by atoms with Crippen LogP contribution >= 0.6 is 0 Å². The van der Waals surface area contributed by atoms with Crippen LogP contribution in [-0.4, -0.2) is 27.4 Å². The first-order chi connectivity index (χ1) is 8.17. The summed E-state index contributed by atoms with van der Waals surface area (Å²) >= 11 is 0. The van der Waals surface area contributed by atoms with E-state index in [1.165, 1.54) is 0 Å². The first-order valence-corrected chi connectivity index (χ1v) is 6.14. The molecule has 0 aliphatic carbocycles. The van der Waals surface area contributed by atoms with Crippen molar-refractivity contribution in [3.8, 4) is 0 Å². The highest BCUT2D eigenvalue weighted by molar-refractivity contribution is 5.67. The molecular formula is C12H21N3O2. The first-order valence-electron chi connectivity index (χ1n) is 6.14. The van der Waals surface area contributed by atoms with Gasteiger partial charge in [-0.2, -0.15) is 5.10 Å². The molecule has 17 heavy (non-hydrogen) atoms. The van der Waals surface area contributed by atoms with Crippen LogP contribution in [0.3, 0.4) is 0 Å². The van der Waals surface area contributed by atoms with Crippen LogP contribution in [0.2, 0.25) is 0 Å². The van der Waals surface area contributed by atoms with Crippen LogP contribution < -0.4 is 5.32 Å². The van der Waals surface area contributed by atoms with Gasteiger partial charge in [-0.1, -0.05) is 13.8 Å². The van der Waals surface area contributed by atoms with Crippen molar-refractivity contribution in [1.29, 1.82) is 0 Å². The van der Waals surface area contributed by atoms with E-state index in [0.29, 0.717) is 0 Å². The summed E-state index contributed by atoms with van der Waals surface area (Å²) in [5.74, 6) is -0.790. The highest BCUT2D eigenvalue weighted by Crippen LogP contribution is 2.16. The average Bonchev–Trinajstić information content (AvgIpc) is 2.73. The predicted octanol–water partition coefficient (Wildman–Crippen LogP) is 1.81. The Morgan fingerprint density at radius 3 is 2.88 bits per heavy atom. The molecular weight excluding hydrogens is 218 g/mol. The van der Waals surface area contributed by atoms with Gasteiger partial charge in [-0.25, -0.2) is 0 Å². The van der Waals surface area contributed by atoms with Crippen molar-refractivity contribution in [2.24, 2.45) is 0 Å². The maximum Gasteiger partial charge on any atom is 0.305 e. The standard InChI is InChI=1S/C12H21N3O2/c1-3-5-13-11(7-12(16)17)10-8-14-15(9-10)6-4-2/h8-9,11,13H,3-7H2,1-2H3,(H,16,17). The fourth-order valence-electron chi connectivity index (χ4n) is 1.71. The number of aromatic nitrogens is 2. The monoisotopic (exact) mass is 239 g/mol.